The highest BCUT2D eigenvalue weighted by atomic mass is 15.4. The fourth-order valence-electron chi connectivity index (χ4n) is 3.46. The largest absolute Gasteiger partial charge is 0.306 e. The van der Waals surface area contributed by atoms with Crippen LogP contribution in [0.4, 0.5) is 0 Å². The molecule has 136 valence electrons. The molecule has 1 heterocycles. The minimum Gasteiger partial charge on any atom is -0.306 e. The molecular weight excluding hydrogens is 310 g/mol. The number of hydrogen-bond donors (Lipinski definition) is 0. The van der Waals surface area contributed by atoms with Crippen LogP contribution in [0.15, 0.2) is 24.3 Å². The van der Waals surface area contributed by atoms with Crippen molar-refractivity contribution in [1.29, 1.82) is 0 Å². The molecule has 1 aromatic carbocycles. The zero-order valence-electron chi connectivity index (χ0n) is 16.4. The Morgan fingerprint density at radius 2 is 1.72 bits per heavy atom. The Hall–Kier alpha value is -1.72. The van der Waals surface area contributed by atoms with Gasteiger partial charge in [0.25, 0.3) is 0 Å². The molecule has 1 saturated carbocycles. The Morgan fingerprint density at radius 3 is 2.24 bits per heavy atom. The van der Waals surface area contributed by atoms with Gasteiger partial charge in [0.2, 0.25) is 0 Å². The summed E-state index contributed by atoms with van der Waals surface area (Å²) in [7, 11) is 8.50. The number of benzene rings is 1. The van der Waals surface area contributed by atoms with Gasteiger partial charge in [-0.15, -0.1) is 0 Å². The normalized spacial score (nSPS) is 20.5. The van der Waals surface area contributed by atoms with Gasteiger partial charge in [-0.3, -0.25) is 0 Å². The smallest absolute Gasteiger partial charge is 0.181 e. The summed E-state index contributed by atoms with van der Waals surface area (Å²) in [4.78, 5) is 9.42. The Morgan fingerprint density at radius 1 is 1.08 bits per heavy atom. The summed E-state index contributed by atoms with van der Waals surface area (Å²) in [6.07, 6.45) is 2.36. The first-order valence-electron chi connectivity index (χ1n) is 9.22. The Balaban J connectivity index is 1.82. The summed E-state index contributed by atoms with van der Waals surface area (Å²) in [6.45, 7) is 5.32. The third kappa shape index (κ3) is 3.93. The van der Waals surface area contributed by atoms with Crippen LogP contribution >= 0.6 is 0 Å². The van der Waals surface area contributed by atoms with E-state index in [4.69, 9.17) is 10.1 Å². The van der Waals surface area contributed by atoms with Gasteiger partial charge in [0, 0.05) is 30.1 Å². The van der Waals surface area contributed by atoms with Gasteiger partial charge in [-0.25, -0.2) is 9.67 Å². The predicted octanol–water partition coefficient (Wildman–Crippen LogP) is 3.40. The summed E-state index contributed by atoms with van der Waals surface area (Å²) in [5, 5.41) is 4.82. The molecule has 0 aliphatic heterocycles. The highest BCUT2D eigenvalue weighted by molar-refractivity contribution is 5.55. The first-order chi connectivity index (χ1) is 11.8. The molecule has 0 unspecified atom stereocenters. The zero-order valence-corrected chi connectivity index (χ0v) is 16.4. The van der Waals surface area contributed by atoms with Crippen molar-refractivity contribution in [3.8, 4) is 11.4 Å². The van der Waals surface area contributed by atoms with Crippen LogP contribution in [0.25, 0.3) is 11.4 Å². The summed E-state index contributed by atoms with van der Waals surface area (Å²) >= 11 is 0. The average Bonchev–Trinajstić information content (AvgIpc) is 2.90. The maximum atomic E-state index is 4.93. The first-order valence-corrected chi connectivity index (χ1v) is 9.22. The van der Waals surface area contributed by atoms with Gasteiger partial charge in [-0.2, -0.15) is 5.10 Å². The molecule has 5 heteroatoms. The SMILES string of the molecule is CC(C)n1nc(-c2ccc(CN(C)C)cc2)nc1C1CC(N(C)C)C1. The van der Waals surface area contributed by atoms with Crippen molar-refractivity contribution >= 4 is 0 Å². The van der Waals surface area contributed by atoms with Crippen molar-refractivity contribution in [2.75, 3.05) is 28.2 Å². The molecule has 0 amide bonds. The van der Waals surface area contributed by atoms with E-state index < -0.39 is 0 Å². The molecule has 1 aromatic heterocycles. The first kappa shape index (κ1) is 18.1. The summed E-state index contributed by atoms with van der Waals surface area (Å²) in [6, 6.07) is 9.66. The van der Waals surface area contributed by atoms with Crippen LogP contribution in [-0.2, 0) is 6.54 Å². The second-order valence-corrected chi connectivity index (χ2v) is 8.05. The molecule has 3 rings (SSSR count). The van der Waals surface area contributed by atoms with Gasteiger partial charge >= 0.3 is 0 Å². The molecule has 0 spiro atoms. The van der Waals surface area contributed by atoms with E-state index in [1.807, 2.05) is 0 Å². The second-order valence-electron chi connectivity index (χ2n) is 8.05. The van der Waals surface area contributed by atoms with Gasteiger partial charge in [-0.1, -0.05) is 24.3 Å². The molecule has 25 heavy (non-hydrogen) atoms. The van der Waals surface area contributed by atoms with Crippen molar-refractivity contribution in [3.05, 3.63) is 35.7 Å². The van der Waals surface area contributed by atoms with Crippen molar-refractivity contribution in [2.45, 2.75) is 51.2 Å². The van der Waals surface area contributed by atoms with Gasteiger partial charge in [0.15, 0.2) is 5.82 Å². The molecule has 1 aliphatic carbocycles. The Kier molecular flexibility index (Phi) is 5.25. The van der Waals surface area contributed by atoms with E-state index in [9.17, 15) is 0 Å². The maximum absolute atomic E-state index is 4.93. The third-order valence-electron chi connectivity index (χ3n) is 5.07. The van der Waals surface area contributed by atoms with Crippen LogP contribution in [0.3, 0.4) is 0 Å². The van der Waals surface area contributed by atoms with Gasteiger partial charge < -0.3 is 9.80 Å². The predicted molar refractivity (Wildman–Crippen MR) is 103 cm³/mol. The lowest BCUT2D eigenvalue weighted by Gasteiger charge is -2.39. The zero-order chi connectivity index (χ0) is 18.1. The molecule has 2 aromatic rings. The standard InChI is InChI=1S/C20H31N5/c1-14(2)25-20(17-11-18(12-17)24(5)6)21-19(22-25)16-9-7-15(8-10-16)13-23(3)4/h7-10,14,17-18H,11-13H2,1-6H3. The molecule has 0 bridgehead atoms. The number of rotatable bonds is 6. The number of hydrogen-bond acceptors (Lipinski definition) is 4. The van der Waals surface area contributed by atoms with Crippen LogP contribution in [0.1, 0.15) is 50.0 Å². The topological polar surface area (TPSA) is 37.2 Å². The van der Waals surface area contributed by atoms with Crippen molar-refractivity contribution in [2.24, 2.45) is 0 Å². The molecule has 5 nitrogen and oxygen atoms in total. The summed E-state index contributed by atoms with van der Waals surface area (Å²) in [5.41, 5.74) is 2.41. The van der Waals surface area contributed by atoms with Crippen molar-refractivity contribution < 1.29 is 0 Å². The number of nitrogens with zero attached hydrogens (tertiary/aromatic N) is 5. The quantitative estimate of drug-likeness (QED) is 0.807. The van der Waals surface area contributed by atoms with E-state index in [2.05, 4.69) is 80.8 Å². The van der Waals surface area contributed by atoms with E-state index in [1.165, 1.54) is 18.4 Å². The molecular formula is C20H31N5. The molecule has 0 N–H and O–H groups in total. The van der Waals surface area contributed by atoms with Crippen LogP contribution in [0.2, 0.25) is 0 Å². The van der Waals surface area contributed by atoms with E-state index in [0.29, 0.717) is 18.0 Å². The van der Waals surface area contributed by atoms with Crippen LogP contribution in [-0.4, -0.2) is 58.8 Å². The van der Waals surface area contributed by atoms with Crippen LogP contribution < -0.4 is 0 Å². The fraction of sp³-hybridized carbons (Fsp3) is 0.600. The molecule has 1 fully saturated rings. The van der Waals surface area contributed by atoms with Gasteiger partial charge in [0.05, 0.1) is 0 Å². The molecule has 0 saturated heterocycles. The highest BCUT2D eigenvalue weighted by Gasteiger charge is 2.35. The fourth-order valence-corrected chi connectivity index (χ4v) is 3.46. The Labute approximate surface area is 151 Å². The third-order valence-corrected chi connectivity index (χ3v) is 5.07. The van der Waals surface area contributed by atoms with Crippen LogP contribution in [0, 0.1) is 0 Å². The van der Waals surface area contributed by atoms with E-state index >= 15 is 0 Å². The molecule has 0 atom stereocenters. The lowest BCUT2D eigenvalue weighted by Crippen LogP contribution is -2.40. The van der Waals surface area contributed by atoms with Crippen molar-refractivity contribution in [1.82, 2.24) is 24.6 Å². The maximum Gasteiger partial charge on any atom is 0.181 e. The second kappa shape index (κ2) is 7.26. The minimum absolute atomic E-state index is 0.336. The average molecular weight is 342 g/mol. The molecule has 0 radical (unpaired) electrons. The molecule has 1 aliphatic rings. The minimum atomic E-state index is 0.336. The summed E-state index contributed by atoms with van der Waals surface area (Å²) < 4.78 is 2.12. The van der Waals surface area contributed by atoms with Crippen LogP contribution in [0.5, 0.6) is 0 Å². The van der Waals surface area contributed by atoms with E-state index in [1.54, 1.807) is 0 Å². The summed E-state index contributed by atoms with van der Waals surface area (Å²) in [5.74, 6) is 2.54. The van der Waals surface area contributed by atoms with Gasteiger partial charge in [-0.05, 0) is 60.4 Å². The van der Waals surface area contributed by atoms with E-state index in [-0.39, 0.29) is 0 Å². The lowest BCUT2D eigenvalue weighted by molar-refractivity contribution is 0.157. The monoisotopic (exact) mass is 341 g/mol. The van der Waals surface area contributed by atoms with Gasteiger partial charge in [0.1, 0.15) is 5.82 Å². The van der Waals surface area contributed by atoms with E-state index in [0.717, 1.165) is 23.8 Å². The highest BCUT2D eigenvalue weighted by Crippen LogP contribution is 2.39. The lowest BCUT2D eigenvalue weighted by atomic mass is 9.79. The Bertz CT molecular complexity index is 693. The number of aromatic nitrogens is 3. The van der Waals surface area contributed by atoms with Crippen molar-refractivity contribution in [3.63, 3.8) is 0 Å².